The first-order valence-corrected chi connectivity index (χ1v) is 4.33. The quantitative estimate of drug-likeness (QED) is 0.513. The van der Waals surface area contributed by atoms with Gasteiger partial charge in [-0.05, 0) is 6.92 Å². The highest BCUT2D eigenvalue weighted by Gasteiger charge is 2.30. The van der Waals surface area contributed by atoms with Gasteiger partial charge >= 0.3 is 5.97 Å². The first-order valence-electron chi connectivity index (χ1n) is 4.33. The second-order valence-corrected chi connectivity index (χ2v) is 3.51. The van der Waals surface area contributed by atoms with Crippen LogP contribution in [0.4, 0.5) is 0 Å². The third kappa shape index (κ3) is 2.65. The van der Waals surface area contributed by atoms with E-state index in [4.69, 9.17) is 5.11 Å². The lowest BCUT2D eigenvalue weighted by Crippen LogP contribution is -2.51. The average Bonchev–Trinajstić information content (AvgIpc) is 2.01. The van der Waals surface area contributed by atoms with Crippen LogP contribution in [0, 0.1) is 0 Å². The molecule has 1 saturated heterocycles. The molecule has 0 radical (unpaired) electrons. The van der Waals surface area contributed by atoms with E-state index in [-0.39, 0.29) is 0 Å². The lowest BCUT2D eigenvalue weighted by Gasteiger charge is -2.35. The lowest BCUT2D eigenvalue weighted by molar-refractivity contribution is -0.145. The highest BCUT2D eigenvalue weighted by Crippen LogP contribution is 2.13. The Balaban J connectivity index is 2.54. The Morgan fingerprint density at radius 3 is 2.23 bits per heavy atom. The molecule has 0 aromatic rings. The van der Waals surface area contributed by atoms with Crippen molar-refractivity contribution in [1.82, 2.24) is 4.90 Å². The fraction of sp³-hybridized carbons (Fsp3) is 0.875. The third-order valence-electron chi connectivity index (χ3n) is 2.34. The normalized spacial score (nSPS) is 32.8. The Kier molecular flexibility index (Phi) is 3.24. The van der Waals surface area contributed by atoms with E-state index in [2.05, 4.69) is 0 Å². The molecule has 76 valence electrons. The molecule has 0 bridgehead atoms. The summed E-state index contributed by atoms with van der Waals surface area (Å²) >= 11 is 0. The Labute approximate surface area is 76.6 Å². The fourth-order valence-corrected chi connectivity index (χ4v) is 1.55. The maximum absolute atomic E-state index is 10.6. The maximum Gasteiger partial charge on any atom is 0.320 e. The number of piperidine rings is 1. The van der Waals surface area contributed by atoms with Crippen LogP contribution >= 0.6 is 0 Å². The third-order valence-corrected chi connectivity index (χ3v) is 2.34. The van der Waals surface area contributed by atoms with Gasteiger partial charge < -0.3 is 15.3 Å². The van der Waals surface area contributed by atoms with Crippen LogP contribution in [-0.4, -0.2) is 57.5 Å². The van der Waals surface area contributed by atoms with Gasteiger partial charge in [-0.3, -0.25) is 9.69 Å². The van der Waals surface area contributed by atoms with E-state index in [1.165, 1.54) is 0 Å². The predicted molar refractivity (Wildman–Crippen MR) is 45.3 cm³/mol. The van der Waals surface area contributed by atoms with Gasteiger partial charge in [-0.15, -0.1) is 0 Å². The molecule has 1 heterocycles. The van der Waals surface area contributed by atoms with Crippen molar-refractivity contribution in [2.45, 2.75) is 31.6 Å². The lowest BCUT2D eigenvalue weighted by atomic mass is 10.0. The Morgan fingerprint density at radius 2 is 1.85 bits per heavy atom. The van der Waals surface area contributed by atoms with Crippen molar-refractivity contribution in [2.24, 2.45) is 0 Å². The van der Waals surface area contributed by atoms with Crippen LogP contribution in [-0.2, 0) is 4.79 Å². The zero-order valence-corrected chi connectivity index (χ0v) is 7.55. The van der Waals surface area contributed by atoms with Crippen molar-refractivity contribution in [3.63, 3.8) is 0 Å². The summed E-state index contributed by atoms with van der Waals surface area (Å²) in [6.07, 6.45) is -0.904. The zero-order chi connectivity index (χ0) is 10.0. The Hall–Kier alpha value is -0.650. The summed E-state index contributed by atoms with van der Waals surface area (Å²) in [7, 11) is 0. The minimum Gasteiger partial charge on any atom is -0.480 e. The molecule has 0 saturated carbocycles. The molecule has 1 fully saturated rings. The van der Waals surface area contributed by atoms with E-state index >= 15 is 0 Å². The second-order valence-electron chi connectivity index (χ2n) is 3.51. The largest absolute Gasteiger partial charge is 0.480 e. The van der Waals surface area contributed by atoms with E-state index in [0.29, 0.717) is 19.5 Å². The molecule has 3 atom stereocenters. The van der Waals surface area contributed by atoms with Crippen LogP contribution in [0.5, 0.6) is 0 Å². The second kappa shape index (κ2) is 4.04. The SMILES string of the molecule is CC(C(=O)O)N1C[C@H](O)C[C@H](O)C1. The van der Waals surface area contributed by atoms with E-state index in [1.54, 1.807) is 11.8 Å². The number of aliphatic carboxylic acids is 1. The van der Waals surface area contributed by atoms with Gasteiger partial charge in [-0.25, -0.2) is 0 Å². The summed E-state index contributed by atoms with van der Waals surface area (Å²) in [6, 6.07) is -0.649. The first-order chi connectivity index (χ1) is 6.00. The number of hydrogen-bond donors (Lipinski definition) is 3. The van der Waals surface area contributed by atoms with Crippen LogP contribution in [0.3, 0.4) is 0 Å². The van der Waals surface area contributed by atoms with Gasteiger partial charge in [0.1, 0.15) is 6.04 Å². The minimum absolute atomic E-state index is 0.324. The highest BCUT2D eigenvalue weighted by molar-refractivity contribution is 5.72. The first kappa shape index (κ1) is 10.4. The number of carboxylic acid groups (broad SMARTS) is 1. The number of aliphatic hydroxyl groups is 2. The molecule has 0 amide bonds. The minimum atomic E-state index is -0.929. The van der Waals surface area contributed by atoms with E-state index in [1.807, 2.05) is 0 Å². The summed E-state index contributed by atoms with van der Waals surface area (Å²) in [5.74, 6) is -0.929. The van der Waals surface area contributed by atoms with Crippen LogP contribution in [0.2, 0.25) is 0 Å². The van der Waals surface area contributed by atoms with Crippen molar-refractivity contribution in [2.75, 3.05) is 13.1 Å². The number of aliphatic hydroxyl groups excluding tert-OH is 2. The number of carboxylic acids is 1. The standard InChI is InChI=1S/C8H15NO4/c1-5(8(12)13)9-3-6(10)2-7(11)4-9/h5-7,10-11H,2-4H2,1H3,(H,12,13)/t5?,6-,7+. The number of nitrogens with zero attached hydrogens (tertiary/aromatic N) is 1. The molecule has 0 aromatic heterocycles. The molecular weight excluding hydrogens is 174 g/mol. The van der Waals surface area contributed by atoms with Gasteiger partial charge in [0.25, 0.3) is 0 Å². The molecule has 0 aliphatic carbocycles. The summed E-state index contributed by atoms with van der Waals surface area (Å²) in [4.78, 5) is 12.2. The van der Waals surface area contributed by atoms with Crippen molar-refractivity contribution in [3.8, 4) is 0 Å². The van der Waals surface area contributed by atoms with Gasteiger partial charge in [-0.1, -0.05) is 0 Å². The van der Waals surface area contributed by atoms with Gasteiger partial charge in [0.15, 0.2) is 0 Å². The number of carbonyl (C=O) groups is 1. The van der Waals surface area contributed by atoms with Gasteiger partial charge in [-0.2, -0.15) is 0 Å². The Bertz CT molecular complexity index is 187. The molecule has 1 rings (SSSR count). The Morgan fingerprint density at radius 1 is 1.38 bits per heavy atom. The number of hydrogen-bond acceptors (Lipinski definition) is 4. The topological polar surface area (TPSA) is 81.0 Å². The van der Waals surface area contributed by atoms with Crippen molar-refractivity contribution >= 4 is 5.97 Å². The molecule has 1 aliphatic rings. The molecule has 1 aliphatic heterocycles. The van der Waals surface area contributed by atoms with Crippen LogP contribution < -0.4 is 0 Å². The maximum atomic E-state index is 10.6. The summed E-state index contributed by atoms with van der Waals surface area (Å²) in [5, 5.41) is 27.3. The fourth-order valence-electron chi connectivity index (χ4n) is 1.55. The van der Waals surface area contributed by atoms with Crippen LogP contribution in [0.25, 0.3) is 0 Å². The van der Waals surface area contributed by atoms with E-state index < -0.39 is 24.2 Å². The molecule has 5 heteroatoms. The van der Waals surface area contributed by atoms with E-state index in [9.17, 15) is 15.0 Å². The molecule has 1 unspecified atom stereocenters. The summed E-state index contributed by atoms with van der Waals surface area (Å²) in [6.45, 7) is 2.20. The smallest absolute Gasteiger partial charge is 0.320 e. The molecular formula is C8H15NO4. The molecule has 3 N–H and O–H groups in total. The average molecular weight is 189 g/mol. The van der Waals surface area contributed by atoms with Gasteiger partial charge in [0.05, 0.1) is 12.2 Å². The summed E-state index contributed by atoms with van der Waals surface area (Å²) < 4.78 is 0. The number of β-amino-alcohol motifs (C(OH)–C–C–N with tert-alkyl or cyclic N) is 2. The van der Waals surface area contributed by atoms with Gasteiger partial charge in [0.2, 0.25) is 0 Å². The zero-order valence-electron chi connectivity index (χ0n) is 7.55. The highest BCUT2D eigenvalue weighted by atomic mass is 16.4. The van der Waals surface area contributed by atoms with Gasteiger partial charge in [0, 0.05) is 19.5 Å². The monoisotopic (exact) mass is 189 g/mol. The molecule has 5 nitrogen and oxygen atoms in total. The van der Waals surface area contributed by atoms with Crippen molar-refractivity contribution in [1.29, 1.82) is 0 Å². The summed E-state index contributed by atoms with van der Waals surface area (Å²) in [5.41, 5.74) is 0. The molecule has 13 heavy (non-hydrogen) atoms. The molecule has 0 spiro atoms. The van der Waals surface area contributed by atoms with Crippen molar-refractivity contribution in [3.05, 3.63) is 0 Å². The number of likely N-dealkylation sites (tertiary alicyclic amines) is 1. The van der Waals surface area contributed by atoms with Crippen LogP contribution in [0.15, 0.2) is 0 Å². The van der Waals surface area contributed by atoms with E-state index in [0.717, 1.165) is 0 Å². The number of rotatable bonds is 2. The van der Waals surface area contributed by atoms with Crippen LogP contribution in [0.1, 0.15) is 13.3 Å². The predicted octanol–water partition coefficient (Wildman–Crippen LogP) is -1.11. The van der Waals surface area contributed by atoms with Crippen molar-refractivity contribution < 1.29 is 20.1 Å². The molecule has 0 aromatic carbocycles.